The molecule has 1 spiro atoms. The van der Waals surface area contributed by atoms with Gasteiger partial charge in [-0.3, -0.25) is 4.99 Å². The highest BCUT2D eigenvalue weighted by atomic mass is 79.9. The van der Waals surface area contributed by atoms with E-state index in [0.717, 1.165) is 17.4 Å². The lowest BCUT2D eigenvalue weighted by atomic mass is 9.77. The molecule has 1 aromatic carbocycles. The Hall–Kier alpha value is -1.07. The summed E-state index contributed by atoms with van der Waals surface area (Å²) in [5.74, 6) is 1.37. The van der Waals surface area contributed by atoms with Gasteiger partial charge in [0, 0.05) is 23.2 Å². The number of hydrogen-bond donors (Lipinski definition) is 1. The number of guanidine groups is 1. The summed E-state index contributed by atoms with van der Waals surface area (Å²) in [4.78, 5) is 9.49. The fourth-order valence-electron chi connectivity index (χ4n) is 4.10. The summed E-state index contributed by atoms with van der Waals surface area (Å²) in [5.41, 5.74) is 7.53. The Labute approximate surface area is 127 Å². The number of halogens is 1. The third-order valence-electron chi connectivity index (χ3n) is 5.17. The number of benzene rings is 1. The van der Waals surface area contributed by atoms with Crippen LogP contribution in [0, 0.1) is 5.92 Å². The topological polar surface area (TPSA) is 44.9 Å². The number of anilines is 1. The van der Waals surface area contributed by atoms with Gasteiger partial charge in [0.25, 0.3) is 0 Å². The van der Waals surface area contributed by atoms with Crippen LogP contribution in [0.2, 0.25) is 0 Å². The molecule has 3 aliphatic heterocycles. The fraction of sp³-hybridized carbons (Fsp3) is 0.533. The minimum absolute atomic E-state index is 0.116. The van der Waals surface area contributed by atoms with E-state index in [1.807, 2.05) is 0 Å². The molecule has 1 aromatic rings. The third-order valence-corrected chi connectivity index (χ3v) is 5.70. The van der Waals surface area contributed by atoms with Crippen molar-refractivity contribution in [3.05, 3.63) is 28.7 Å². The average molecular weight is 335 g/mol. The Morgan fingerprint density at radius 3 is 2.85 bits per heavy atom. The first-order valence-electron chi connectivity index (χ1n) is 7.27. The Morgan fingerprint density at radius 2 is 2.05 bits per heavy atom. The predicted octanol–water partition coefficient (Wildman–Crippen LogP) is 2.05. The van der Waals surface area contributed by atoms with E-state index >= 15 is 0 Å². The molecule has 2 fully saturated rings. The van der Waals surface area contributed by atoms with Crippen molar-refractivity contribution in [2.75, 3.05) is 31.1 Å². The summed E-state index contributed by atoms with van der Waals surface area (Å²) in [6, 6.07) is 8.44. The number of aliphatic imine (C=N–C) groups is 1. The largest absolute Gasteiger partial charge is 0.369 e. The number of nitrogens with two attached hydrogens (primary N) is 1. The number of piperidine rings is 1. The second kappa shape index (κ2) is 4.46. The summed E-state index contributed by atoms with van der Waals surface area (Å²) >= 11 is 3.50. The van der Waals surface area contributed by atoms with Crippen LogP contribution < -0.4 is 10.6 Å². The van der Waals surface area contributed by atoms with Gasteiger partial charge in [-0.15, -0.1) is 0 Å². The Morgan fingerprint density at radius 1 is 1.25 bits per heavy atom. The number of fused-ring (bicyclic) bond motifs is 3. The van der Waals surface area contributed by atoms with Crippen molar-refractivity contribution in [3.63, 3.8) is 0 Å². The third kappa shape index (κ3) is 1.72. The second-order valence-electron chi connectivity index (χ2n) is 6.13. The highest BCUT2D eigenvalue weighted by molar-refractivity contribution is 9.10. The minimum atomic E-state index is 0.116. The van der Waals surface area contributed by atoms with Gasteiger partial charge in [0.05, 0.1) is 12.1 Å². The smallest absolute Gasteiger partial charge is 0.196 e. The van der Waals surface area contributed by atoms with Crippen LogP contribution >= 0.6 is 15.9 Å². The molecular weight excluding hydrogens is 316 g/mol. The van der Waals surface area contributed by atoms with Crippen LogP contribution in [0.25, 0.3) is 0 Å². The monoisotopic (exact) mass is 334 g/mol. The zero-order chi connectivity index (χ0) is 13.7. The lowest BCUT2D eigenvalue weighted by Gasteiger charge is -2.46. The molecule has 4 rings (SSSR count). The SMILES string of the molecule is NC1=NCC2(CCN3CCC2C3)N1c1ccc(Br)cc1. The molecule has 2 bridgehead atoms. The van der Waals surface area contributed by atoms with Crippen molar-refractivity contribution in [1.82, 2.24) is 4.90 Å². The van der Waals surface area contributed by atoms with Crippen LogP contribution in [-0.4, -0.2) is 42.6 Å². The van der Waals surface area contributed by atoms with E-state index in [-0.39, 0.29) is 5.54 Å². The Balaban J connectivity index is 1.75. The van der Waals surface area contributed by atoms with Crippen molar-refractivity contribution in [2.45, 2.75) is 18.4 Å². The average Bonchev–Trinajstić information content (AvgIpc) is 3.00. The molecule has 4 nitrogen and oxygen atoms in total. The van der Waals surface area contributed by atoms with E-state index in [4.69, 9.17) is 5.73 Å². The van der Waals surface area contributed by atoms with E-state index in [9.17, 15) is 0 Å². The van der Waals surface area contributed by atoms with Gasteiger partial charge in [-0.1, -0.05) is 15.9 Å². The highest BCUT2D eigenvalue weighted by Gasteiger charge is 2.53. The second-order valence-corrected chi connectivity index (χ2v) is 7.04. The lowest BCUT2D eigenvalue weighted by molar-refractivity contribution is 0.182. The van der Waals surface area contributed by atoms with Crippen molar-refractivity contribution < 1.29 is 0 Å². The standard InChI is InChI=1S/C15H19BrN4/c16-12-1-3-13(4-2-12)20-14(17)18-10-15(20)6-8-19-7-5-11(15)9-19/h1-4,11H,5-10H2,(H2,17,18). The van der Waals surface area contributed by atoms with Gasteiger partial charge < -0.3 is 15.5 Å². The summed E-state index contributed by atoms with van der Waals surface area (Å²) in [7, 11) is 0. The van der Waals surface area contributed by atoms with Gasteiger partial charge >= 0.3 is 0 Å². The zero-order valence-corrected chi connectivity index (χ0v) is 13.0. The molecule has 0 amide bonds. The van der Waals surface area contributed by atoms with E-state index in [2.05, 4.69) is 55.0 Å². The molecule has 3 atom stereocenters. The number of hydrogen-bond acceptors (Lipinski definition) is 4. The van der Waals surface area contributed by atoms with Gasteiger partial charge in [0.15, 0.2) is 5.96 Å². The van der Waals surface area contributed by atoms with E-state index in [1.165, 1.54) is 31.7 Å². The van der Waals surface area contributed by atoms with Gasteiger partial charge in [-0.25, -0.2) is 0 Å². The Kier molecular flexibility index (Phi) is 2.82. The lowest BCUT2D eigenvalue weighted by Crippen LogP contribution is -2.60. The maximum absolute atomic E-state index is 6.24. The zero-order valence-electron chi connectivity index (χ0n) is 11.4. The van der Waals surface area contributed by atoms with E-state index < -0.39 is 0 Å². The first-order valence-corrected chi connectivity index (χ1v) is 8.06. The molecule has 106 valence electrons. The molecule has 0 aromatic heterocycles. The van der Waals surface area contributed by atoms with Crippen molar-refractivity contribution in [3.8, 4) is 0 Å². The van der Waals surface area contributed by atoms with Gasteiger partial charge in [-0.2, -0.15) is 0 Å². The molecule has 3 aliphatic rings. The molecule has 3 heterocycles. The fourth-order valence-corrected chi connectivity index (χ4v) is 4.36. The highest BCUT2D eigenvalue weighted by Crippen LogP contribution is 2.44. The van der Waals surface area contributed by atoms with E-state index in [0.29, 0.717) is 11.9 Å². The normalized spacial score (nSPS) is 35.6. The molecular formula is C15H19BrN4. The van der Waals surface area contributed by atoms with Crippen molar-refractivity contribution >= 4 is 27.6 Å². The molecule has 0 aliphatic carbocycles. The van der Waals surface area contributed by atoms with Crippen molar-refractivity contribution in [2.24, 2.45) is 16.6 Å². The molecule has 20 heavy (non-hydrogen) atoms. The van der Waals surface area contributed by atoms with Gasteiger partial charge in [0.2, 0.25) is 0 Å². The van der Waals surface area contributed by atoms with Gasteiger partial charge in [-0.05, 0) is 49.6 Å². The summed E-state index contributed by atoms with van der Waals surface area (Å²) in [6.45, 7) is 4.47. The van der Waals surface area contributed by atoms with Crippen LogP contribution in [0.5, 0.6) is 0 Å². The number of rotatable bonds is 1. The maximum atomic E-state index is 6.24. The molecule has 0 radical (unpaired) electrons. The molecule has 5 heteroatoms. The van der Waals surface area contributed by atoms with Gasteiger partial charge in [0.1, 0.15) is 0 Å². The molecule has 2 saturated heterocycles. The maximum Gasteiger partial charge on any atom is 0.196 e. The van der Waals surface area contributed by atoms with E-state index in [1.54, 1.807) is 0 Å². The first kappa shape index (κ1) is 12.7. The number of nitrogens with zero attached hydrogens (tertiary/aromatic N) is 3. The van der Waals surface area contributed by atoms with Crippen LogP contribution in [0.1, 0.15) is 12.8 Å². The molecule has 3 unspecified atom stereocenters. The summed E-state index contributed by atoms with van der Waals surface area (Å²) < 4.78 is 1.10. The summed E-state index contributed by atoms with van der Waals surface area (Å²) in [6.07, 6.45) is 2.44. The van der Waals surface area contributed by atoms with Crippen LogP contribution in [0.3, 0.4) is 0 Å². The molecule has 2 N–H and O–H groups in total. The summed E-state index contributed by atoms with van der Waals surface area (Å²) in [5, 5.41) is 0. The van der Waals surface area contributed by atoms with Crippen LogP contribution in [-0.2, 0) is 0 Å². The Bertz CT molecular complexity index is 555. The van der Waals surface area contributed by atoms with Crippen LogP contribution in [0.15, 0.2) is 33.7 Å². The first-order chi connectivity index (χ1) is 9.69. The predicted molar refractivity (Wildman–Crippen MR) is 85.0 cm³/mol. The minimum Gasteiger partial charge on any atom is -0.369 e. The quantitative estimate of drug-likeness (QED) is 0.854. The van der Waals surface area contributed by atoms with Crippen LogP contribution in [0.4, 0.5) is 5.69 Å². The molecule has 0 saturated carbocycles. The van der Waals surface area contributed by atoms with Crippen molar-refractivity contribution in [1.29, 1.82) is 0 Å².